The van der Waals surface area contributed by atoms with E-state index in [9.17, 15) is 19.2 Å². The molecule has 1 aromatic rings. The Morgan fingerprint density at radius 2 is 2.00 bits per heavy atom. The van der Waals surface area contributed by atoms with Gasteiger partial charge in [0.15, 0.2) is 0 Å². The fourth-order valence-electron chi connectivity index (χ4n) is 2.03. The molecular weight excluding hydrogens is 334 g/mol. The third-order valence-corrected chi connectivity index (χ3v) is 4.11. The van der Waals surface area contributed by atoms with E-state index >= 15 is 0 Å². The van der Waals surface area contributed by atoms with Gasteiger partial charge in [0.2, 0.25) is 6.10 Å². The van der Waals surface area contributed by atoms with Crippen molar-refractivity contribution in [3.8, 4) is 0 Å². The average molecular weight is 351 g/mol. The van der Waals surface area contributed by atoms with Crippen LogP contribution in [0.4, 0.5) is 9.59 Å². The number of nitrogens with one attached hydrogen (secondary N) is 2. The summed E-state index contributed by atoms with van der Waals surface area (Å²) in [7, 11) is 1.36. The van der Waals surface area contributed by atoms with E-state index in [2.05, 4.69) is 10.6 Å². The third-order valence-electron chi connectivity index (χ3n) is 3.22. The van der Waals surface area contributed by atoms with Gasteiger partial charge in [-0.25, -0.2) is 4.79 Å². The normalized spacial score (nSPS) is 14.9. The molecule has 1 aliphatic rings. The summed E-state index contributed by atoms with van der Waals surface area (Å²) in [6.45, 7) is 0.224. The van der Waals surface area contributed by atoms with Gasteiger partial charge in [0, 0.05) is 24.9 Å². The molecule has 0 aliphatic carbocycles. The number of hydrogen-bond donors (Lipinski definition) is 2. The largest absolute Gasteiger partial charge is 0.446 e. The molecule has 2 N–H and O–H groups in total. The molecule has 9 heteroatoms. The highest BCUT2D eigenvalue weighted by Crippen LogP contribution is 2.20. The van der Waals surface area contributed by atoms with Crippen molar-refractivity contribution < 1.29 is 23.9 Å². The molecule has 24 heavy (non-hydrogen) atoms. The Balaban J connectivity index is 2.07. The summed E-state index contributed by atoms with van der Waals surface area (Å²) < 4.78 is 5.22. The number of amides is 4. The maximum absolute atomic E-state index is 12.2. The predicted octanol–water partition coefficient (Wildman–Crippen LogP) is 0.895. The molecule has 1 saturated heterocycles. The Kier molecular flexibility index (Phi) is 6.19. The highest BCUT2D eigenvalue weighted by molar-refractivity contribution is 8.13. The van der Waals surface area contributed by atoms with E-state index < -0.39 is 24.0 Å². The van der Waals surface area contributed by atoms with Crippen LogP contribution in [0.3, 0.4) is 0 Å². The van der Waals surface area contributed by atoms with Crippen molar-refractivity contribution in [3.05, 3.63) is 35.9 Å². The lowest BCUT2D eigenvalue weighted by Gasteiger charge is -2.19. The molecule has 0 spiro atoms. The maximum Gasteiger partial charge on any atom is 0.326 e. The van der Waals surface area contributed by atoms with Crippen LogP contribution in [0.25, 0.3) is 0 Å². The molecule has 0 radical (unpaired) electrons. The van der Waals surface area contributed by atoms with Gasteiger partial charge in [-0.2, -0.15) is 0 Å². The first kappa shape index (κ1) is 17.8. The van der Waals surface area contributed by atoms with Crippen molar-refractivity contribution in [1.82, 2.24) is 15.5 Å². The molecule has 8 nitrogen and oxygen atoms in total. The molecule has 128 valence electrons. The lowest BCUT2D eigenvalue weighted by Crippen LogP contribution is -2.42. The van der Waals surface area contributed by atoms with E-state index in [0.29, 0.717) is 17.9 Å². The van der Waals surface area contributed by atoms with Crippen molar-refractivity contribution in [1.29, 1.82) is 0 Å². The zero-order valence-corrected chi connectivity index (χ0v) is 13.8. The van der Waals surface area contributed by atoms with Crippen LogP contribution in [0.2, 0.25) is 0 Å². The molecular formula is C15H17N3O5S. The number of carbonyl (C=O) groups excluding carboxylic acids is 4. The first-order valence-electron chi connectivity index (χ1n) is 7.20. The third kappa shape index (κ3) is 4.72. The molecule has 1 aromatic carbocycles. The maximum atomic E-state index is 12.2. The minimum Gasteiger partial charge on any atom is -0.446 e. The van der Waals surface area contributed by atoms with Crippen LogP contribution >= 0.6 is 11.8 Å². The predicted molar refractivity (Wildman–Crippen MR) is 87.3 cm³/mol. The number of urea groups is 1. The lowest BCUT2D eigenvalue weighted by molar-refractivity contribution is -0.156. The molecule has 1 heterocycles. The topological polar surface area (TPSA) is 105 Å². The SMILES string of the molecule is CNC(=O)NC(=O)[C@H](OC(=O)CN1CCSC1=O)c1ccccc1. The summed E-state index contributed by atoms with van der Waals surface area (Å²) in [6.07, 6.45) is -1.28. The number of nitrogens with zero attached hydrogens (tertiary/aromatic N) is 1. The number of esters is 1. The van der Waals surface area contributed by atoms with Crippen molar-refractivity contribution in [2.45, 2.75) is 6.10 Å². The molecule has 1 fully saturated rings. The second-order valence-corrected chi connectivity index (χ2v) is 5.93. The summed E-state index contributed by atoms with van der Waals surface area (Å²) in [5, 5.41) is 4.14. The molecule has 1 atom stereocenters. The molecule has 4 amide bonds. The van der Waals surface area contributed by atoms with Crippen LogP contribution in [0.15, 0.2) is 30.3 Å². The highest BCUT2D eigenvalue weighted by atomic mass is 32.2. The summed E-state index contributed by atoms with van der Waals surface area (Å²) in [6, 6.07) is 7.63. The van der Waals surface area contributed by atoms with E-state index in [-0.39, 0.29) is 11.8 Å². The van der Waals surface area contributed by atoms with Gasteiger partial charge in [0.05, 0.1) is 0 Å². The standard InChI is InChI=1S/C15H17N3O5S/c1-16-14(21)17-13(20)12(10-5-3-2-4-6-10)23-11(19)9-18-7-8-24-15(18)22/h2-6,12H,7-9H2,1H3,(H2,16,17,20,21)/t12-/m1/s1. The summed E-state index contributed by atoms with van der Waals surface area (Å²) in [4.78, 5) is 48.5. The van der Waals surface area contributed by atoms with Gasteiger partial charge < -0.3 is 15.0 Å². The summed E-state index contributed by atoms with van der Waals surface area (Å²) >= 11 is 1.13. The number of carbonyl (C=O) groups is 4. The quantitative estimate of drug-likeness (QED) is 0.764. The van der Waals surface area contributed by atoms with Crippen LogP contribution in [0.5, 0.6) is 0 Å². The summed E-state index contributed by atoms with van der Waals surface area (Å²) in [5.74, 6) is -0.867. The van der Waals surface area contributed by atoms with Gasteiger partial charge in [0.25, 0.3) is 11.1 Å². The van der Waals surface area contributed by atoms with Crippen LogP contribution in [-0.2, 0) is 14.3 Å². The van der Waals surface area contributed by atoms with E-state index in [0.717, 1.165) is 11.8 Å². The van der Waals surface area contributed by atoms with Gasteiger partial charge in [-0.15, -0.1) is 0 Å². The van der Waals surface area contributed by atoms with Crippen molar-refractivity contribution in [3.63, 3.8) is 0 Å². The molecule has 2 rings (SSSR count). The van der Waals surface area contributed by atoms with Gasteiger partial charge in [0.1, 0.15) is 6.54 Å². The zero-order chi connectivity index (χ0) is 17.5. The Morgan fingerprint density at radius 3 is 2.58 bits per heavy atom. The van der Waals surface area contributed by atoms with Gasteiger partial charge >= 0.3 is 12.0 Å². The van der Waals surface area contributed by atoms with Gasteiger partial charge in [-0.05, 0) is 0 Å². The van der Waals surface area contributed by atoms with E-state index in [4.69, 9.17) is 4.74 Å². The fraction of sp³-hybridized carbons (Fsp3) is 0.333. The Bertz CT molecular complexity index is 637. The Labute approximate surface area is 142 Å². The minimum atomic E-state index is -1.28. The van der Waals surface area contributed by atoms with Crippen LogP contribution < -0.4 is 10.6 Å². The van der Waals surface area contributed by atoms with E-state index in [1.54, 1.807) is 30.3 Å². The lowest BCUT2D eigenvalue weighted by atomic mass is 10.1. The second-order valence-electron chi connectivity index (χ2n) is 4.88. The molecule has 1 aliphatic heterocycles. The second kappa shape index (κ2) is 8.34. The van der Waals surface area contributed by atoms with E-state index in [1.807, 2.05) is 0 Å². The van der Waals surface area contributed by atoms with Gasteiger partial charge in [-0.3, -0.25) is 19.7 Å². The minimum absolute atomic E-state index is 0.196. The fourth-order valence-corrected chi connectivity index (χ4v) is 2.86. The van der Waals surface area contributed by atoms with Crippen LogP contribution in [0.1, 0.15) is 11.7 Å². The molecule has 0 aromatic heterocycles. The molecule has 0 unspecified atom stereocenters. The Morgan fingerprint density at radius 1 is 1.29 bits per heavy atom. The number of ether oxygens (including phenoxy) is 1. The number of thioether (sulfide) groups is 1. The Hall–Kier alpha value is -2.55. The van der Waals surface area contributed by atoms with Crippen LogP contribution in [0, 0.1) is 0 Å². The molecule has 0 bridgehead atoms. The van der Waals surface area contributed by atoms with Crippen molar-refractivity contribution >= 4 is 34.9 Å². The average Bonchev–Trinajstić information content (AvgIpc) is 2.98. The summed E-state index contributed by atoms with van der Waals surface area (Å²) in [5.41, 5.74) is 0.425. The first-order chi connectivity index (χ1) is 11.5. The number of rotatable bonds is 5. The monoisotopic (exact) mass is 351 g/mol. The first-order valence-corrected chi connectivity index (χ1v) is 8.18. The van der Waals surface area contributed by atoms with Gasteiger partial charge in [-0.1, -0.05) is 42.1 Å². The highest BCUT2D eigenvalue weighted by Gasteiger charge is 2.29. The van der Waals surface area contributed by atoms with Crippen molar-refractivity contribution in [2.75, 3.05) is 25.9 Å². The number of hydrogen-bond acceptors (Lipinski definition) is 6. The van der Waals surface area contributed by atoms with E-state index in [1.165, 1.54) is 11.9 Å². The van der Waals surface area contributed by atoms with Crippen molar-refractivity contribution in [2.24, 2.45) is 0 Å². The number of benzene rings is 1. The molecule has 0 saturated carbocycles. The number of imide groups is 1. The zero-order valence-electron chi connectivity index (χ0n) is 13.0. The van der Waals surface area contributed by atoms with Crippen LogP contribution in [-0.4, -0.2) is 53.9 Å². The smallest absolute Gasteiger partial charge is 0.326 e.